The number of aryl methyl sites for hydroxylation is 2. The number of carbonyl (C=O) groups excluding carboxylic acids is 2. The van der Waals surface area contributed by atoms with Crippen molar-refractivity contribution in [2.24, 2.45) is 0 Å². The fourth-order valence-electron chi connectivity index (χ4n) is 2.61. The summed E-state index contributed by atoms with van der Waals surface area (Å²) in [6, 6.07) is 6.35. The topological polar surface area (TPSA) is 56.5 Å². The van der Waals surface area contributed by atoms with Gasteiger partial charge in [0.15, 0.2) is 6.61 Å². The van der Waals surface area contributed by atoms with E-state index in [4.69, 9.17) is 9.15 Å². The van der Waals surface area contributed by atoms with Crippen LogP contribution in [0.3, 0.4) is 0 Å². The van der Waals surface area contributed by atoms with Crippen molar-refractivity contribution in [1.29, 1.82) is 0 Å². The molecular weight excluding hydrogens is 342 g/mol. The molecule has 4 nitrogen and oxygen atoms in total. The van der Waals surface area contributed by atoms with Crippen LogP contribution < -0.4 is 0 Å². The molecule has 2 aromatic carbocycles. The Bertz CT molecular complexity index is 1000. The third-order valence-electron chi connectivity index (χ3n) is 4.20. The highest BCUT2D eigenvalue weighted by Crippen LogP contribution is 2.25. The summed E-state index contributed by atoms with van der Waals surface area (Å²) >= 11 is 0. The smallest absolute Gasteiger partial charge is 0.310 e. The lowest BCUT2D eigenvalue weighted by molar-refractivity contribution is -0.141. The first-order chi connectivity index (χ1) is 12.3. The molecule has 0 saturated heterocycles. The maximum absolute atomic E-state index is 13.6. The third kappa shape index (κ3) is 3.64. The molecule has 0 radical (unpaired) electrons. The minimum atomic E-state index is -0.862. The average molecular weight is 358 g/mol. The van der Waals surface area contributed by atoms with Gasteiger partial charge in [-0.05, 0) is 55.3 Å². The second-order valence-corrected chi connectivity index (χ2v) is 6.08. The van der Waals surface area contributed by atoms with Gasteiger partial charge in [0.25, 0.3) is 0 Å². The number of hydrogen-bond acceptors (Lipinski definition) is 4. The molecule has 1 aromatic heterocycles. The van der Waals surface area contributed by atoms with Crippen molar-refractivity contribution in [2.75, 3.05) is 6.61 Å². The number of Topliss-reactive ketones (excluding diaryl/α,β-unsaturated/α-hetero) is 1. The fourth-order valence-corrected chi connectivity index (χ4v) is 2.61. The molecule has 0 aliphatic carbocycles. The number of furan rings is 1. The zero-order chi connectivity index (χ0) is 18.8. The molecule has 6 heteroatoms. The molecule has 0 spiro atoms. The van der Waals surface area contributed by atoms with E-state index in [1.165, 1.54) is 6.26 Å². The number of rotatable bonds is 5. The Hall–Kier alpha value is -3.02. The number of halogens is 2. The van der Waals surface area contributed by atoms with Crippen molar-refractivity contribution in [1.82, 2.24) is 0 Å². The van der Waals surface area contributed by atoms with Crippen molar-refractivity contribution < 1.29 is 27.5 Å². The van der Waals surface area contributed by atoms with Gasteiger partial charge < -0.3 is 9.15 Å². The largest absolute Gasteiger partial charge is 0.464 e. The quantitative estimate of drug-likeness (QED) is 0.504. The van der Waals surface area contributed by atoms with E-state index in [1.807, 2.05) is 26.0 Å². The van der Waals surface area contributed by atoms with Gasteiger partial charge in [0.1, 0.15) is 17.2 Å². The van der Waals surface area contributed by atoms with Crippen LogP contribution in [-0.4, -0.2) is 18.4 Å². The predicted octanol–water partition coefficient (Wildman–Crippen LogP) is 4.30. The number of ether oxygens (including phenoxy) is 1. The van der Waals surface area contributed by atoms with Gasteiger partial charge in [-0.3, -0.25) is 9.59 Å². The number of hydrogen-bond donors (Lipinski definition) is 0. The van der Waals surface area contributed by atoms with E-state index in [0.29, 0.717) is 11.1 Å². The van der Waals surface area contributed by atoms with E-state index in [-0.39, 0.29) is 6.42 Å². The van der Waals surface area contributed by atoms with E-state index in [2.05, 4.69) is 0 Å². The molecule has 0 N–H and O–H groups in total. The van der Waals surface area contributed by atoms with Crippen molar-refractivity contribution in [3.63, 3.8) is 0 Å². The third-order valence-corrected chi connectivity index (χ3v) is 4.20. The maximum Gasteiger partial charge on any atom is 0.310 e. The molecule has 134 valence electrons. The predicted molar refractivity (Wildman–Crippen MR) is 91.0 cm³/mol. The lowest BCUT2D eigenvalue weighted by atomic mass is 10.0. The molecule has 1 heterocycles. The maximum atomic E-state index is 13.6. The van der Waals surface area contributed by atoms with Gasteiger partial charge in [-0.25, -0.2) is 8.78 Å². The summed E-state index contributed by atoms with van der Waals surface area (Å²) in [7, 11) is 0. The van der Waals surface area contributed by atoms with Gasteiger partial charge in [0, 0.05) is 10.9 Å². The molecule has 0 aliphatic rings. The molecule has 0 amide bonds. The van der Waals surface area contributed by atoms with Gasteiger partial charge in [-0.2, -0.15) is 0 Å². The highest BCUT2D eigenvalue weighted by Gasteiger charge is 2.17. The minimum Gasteiger partial charge on any atom is -0.464 e. The molecule has 3 rings (SSSR count). The summed E-state index contributed by atoms with van der Waals surface area (Å²) in [6.45, 7) is 3.26. The van der Waals surface area contributed by atoms with Gasteiger partial charge >= 0.3 is 5.97 Å². The summed E-state index contributed by atoms with van der Waals surface area (Å²) < 4.78 is 37.0. The van der Waals surface area contributed by atoms with Crippen molar-refractivity contribution in [2.45, 2.75) is 20.3 Å². The second kappa shape index (κ2) is 7.07. The first kappa shape index (κ1) is 17.8. The summed E-state index contributed by atoms with van der Waals surface area (Å²) in [4.78, 5) is 23.9. The number of fused-ring (bicyclic) bond motifs is 1. The van der Waals surface area contributed by atoms with Crippen LogP contribution in [0.25, 0.3) is 11.0 Å². The van der Waals surface area contributed by atoms with Gasteiger partial charge in [-0.15, -0.1) is 0 Å². The highest BCUT2D eigenvalue weighted by atomic mass is 19.1. The van der Waals surface area contributed by atoms with Crippen LogP contribution in [0, 0.1) is 25.5 Å². The molecular formula is C20H16F2O4. The molecule has 0 unspecified atom stereocenters. The van der Waals surface area contributed by atoms with Crippen molar-refractivity contribution >= 4 is 22.7 Å². The van der Waals surface area contributed by atoms with Gasteiger partial charge in [0.05, 0.1) is 18.2 Å². The monoisotopic (exact) mass is 358 g/mol. The molecule has 0 fully saturated rings. The number of carbonyl (C=O) groups is 2. The molecule has 3 aromatic rings. The van der Waals surface area contributed by atoms with E-state index in [0.717, 1.165) is 34.7 Å². The van der Waals surface area contributed by atoms with Crippen LogP contribution in [0.4, 0.5) is 8.78 Å². The molecule has 26 heavy (non-hydrogen) atoms. The average Bonchev–Trinajstić information content (AvgIpc) is 2.97. The van der Waals surface area contributed by atoms with E-state index in [9.17, 15) is 18.4 Å². The van der Waals surface area contributed by atoms with Gasteiger partial charge in [-0.1, -0.05) is 0 Å². The normalized spacial score (nSPS) is 10.9. The van der Waals surface area contributed by atoms with Crippen LogP contribution in [0.15, 0.2) is 41.0 Å². The second-order valence-electron chi connectivity index (χ2n) is 6.08. The van der Waals surface area contributed by atoms with E-state index < -0.39 is 35.6 Å². The minimum absolute atomic E-state index is 0.0889. The first-order valence-electron chi connectivity index (χ1n) is 7.96. The van der Waals surface area contributed by atoms with Gasteiger partial charge in [0.2, 0.25) is 5.78 Å². The number of ketones is 1. The zero-order valence-electron chi connectivity index (χ0n) is 14.3. The summed E-state index contributed by atoms with van der Waals surface area (Å²) in [6.07, 6.45) is 1.38. The fraction of sp³-hybridized carbons (Fsp3) is 0.200. The molecule has 0 bridgehead atoms. The van der Waals surface area contributed by atoms with Crippen molar-refractivity contribution in [3.05, 3.63) is 70.5 Å². The van der Waals surface area contributed by atoms with Crippen LogP contribution in [0.5, 0.6) is 0 Å². The Morgan fingerprint density at radius 1 is 1.08 bits per heavy atom. The van der Waals surface area contributed by atoms with Crippen LogP contribution >= 0.6 is 0 Å². The molecule has 0 saturated carbocycles. The van der Waals surface area contributed by atoms with E-state index >= 15 is 0 Å². The highest BCUT2D eigenvalue weighted by molar-refractivity contribution is 5.98. The first-order valence-corrected chi connectivity index (χ1v) is 7.96. The number of benzene rings is 2. The summed E-state index contributed by atoms with van der Waals surface area (Å²) in [5, 5.41) is 0.799. The Morgan fingerprint density at radius 3 is 2.58 bits per heavy atom. The zero-order valence-corrected chi connectivity index (χ0v) is 14.3. The van der Waals surface area contributed by atoms with E-state index in [1.54, 1.807) is 0 Å². The Labute approximate surface area is 148 Å². The molecule has 0 atom stereocenters. The summed E-state index contributed by atoms with van der Waals surface area (Å²) in [5.74, 6) is -3.06. The van der Waals surface area contributed by atoms with Crippen LogP contribution in [0.2, 0.25) is 0 Å². The number of esters is 1. The SMILES string of the molecule is Cc1cc2occ(CC(=O)OCC(=O)c3cc(F)ccc3F)c2cc1C. The Morgan fingerprint density at radius 2 is 1.81 bits per heavy atom. The lowest BCUT2D eigenvalue weighted by Crippen LogP contribution is -2.16. The standard InChI is InChI=1S/C20H16F2O4/c1-11-5-15-13(9-25-19(15)6-12(11)2)7-20(24)26-10-18(23)16-8-14(21)3-4-17(16)22/h3-6,8-9H,7,10H2,1-2H3. The lowest BCUT2D eigenvalue weighted by Gasteiger charge is -2.05. The Balaban J connectivity index is 1.67. The Kier molecular flexibility index (Phi) is 4.84. The van der Waals surface area contributed by atoms with Crippen molar-refractivity contribution in [3.8, 4) is 0 Å². The van der Waals surface area contributed by atoms with Crippen LogP contribution in [0.1, 0.15) is 27.0 Å². The van der Waals surface area contributed by atoms with Crippen LogP contribution in [-0.2, 0) is 16.0 Å². The summed E-state index contributed by atoms with van der Waals surface area (Å²) in [5.41, 5.74) is 2.98. The molecule has 0 aliphatic heterocycles.